The van der Waals surface area contributed by atoms with Crippen LogP contribution in [0.3, 0.4) is 0 Å². The van der Waals surface area contributed by atoms with Crippen LogP contribution >= 0.6 is 0 Å². The van der Waals surface area contributed by atoms with E-state index < -0.39 is 54.4 Å². The first-order valence-corrected chi connectivity index (χ1v) is 10.2. The fraction of sp³-hybridized carbons (Fsp3) is 0.450. The number of hydrogen-bond donors (Lipinski definition) is 6. The Hall–Kier alpha value is -3.59. The molecule has 0 bridgehead atoms. The molecule has 4 atom stereocenters. The molecular formula is C20H26N6O8. The van der Waals surface area contributed by atoms with Crippen molar-refractivity contribution in [3.8, 4) is 0 Å². The molecule has 0 radical (unpaired) electrons. The van der Waals surface area contributed by atoms with Crippen LogP contribution in [0.15, 0.2) is 35.4 Å². The van der Waals surface area contributed by atoms with Gasteiger partial charge in [0.15, 0.2) is 6.23 Å². The van der Waals surface area contributed by atoms with E-state index in [0.717, 1.165) is 4.57 Å². The van der Waals surface area contributed by atoms with Gasteiger partial charge in [-0.15, -0.1) is 0 Å². The minimum Gasteiger partial charge on any atom is -0.443 e. The lowest BCUT2D eigenvalue weighted by Crippen LogP contribution is -2.36. The number of hydrogen-bond acceptors (Lipinski definition) is 11. The van der Waals surface area contributed by atoms with Crippen LogP contribution < -0.4 is 21.9 Å². The van der Waals surface area contributed by atoms with E-state index in [0.29, 0.717) is 0 Å². The number of rotatable bonds is 6. The van der Waals surface area contributed by atoms with E-state index in [4.69, 9.17) is 9.47 Å². The van der Waals surface area contributed by atoms with Crippen LogP contribution in [0.5, 0.6) is 0 Å². The summed E-state index contributed by atoms with van der Waals surface area (Å²) in [4.78, 5) is 44.2. The Morgan fingerprint density at radius 3 is 2.47 bits per heavy atom. The Balaban J connectivity index is 1.60. The van der Waals surface area contributed by atoms with E-state index in [9.17, 15) is 29.7 Å². The third-order valence-electron chi connectivity index (χ3n) is 4.58. The summed E-state index contributed by atoms with van der Waals surface area (Å²) in [5.41, 5.74) is 3.50. The summed E-state index contributed by atoms with van der Waals surface area (Å²) < 4.78 is 11.3. The van der Waals surface area contributed by atoms with Crippen molar-refractivity contribution in [2.75, 3.05) is 17.3 Å². The molecule has 1 fully saturated rings. The number of pyridine rings is 1. The van der Waals surface area contributed by atoms with Crippen LogP contribution in [0.2, 0.25) is 0 Å². The Labute approximate surface area is 193 Å². The van der Waals surface area contributed by atoms with Crippen molar-refractivity contribution in [2.45, 2.75) is 50.9 Å². The largest absolute Gasteiger partial charge is 0.443 e. The van der Waals surface area contributed by atoms with Gasteiger partial charge in [0.1, 0.15) is 35.5 Å². The second-order valence-electron chi connectivity index (χ2n) is 8.37. The normalized spacial score (nSPS) is 22.2. The summed E-state index contributed by atoms with van der Waals surface area (Å²) in [5.74, 6) is -0.412. The molecule has 2 aromatic rings. The molecule has 184 valence electrons. The molecule has 0 saturated carbocycles. The standard InChI is InChI=1S/C20H26N6O8/c1-20(2,3)34-19(32)25-24-12-5-4-10(8-21-12)16(30)22-13-6-7-26(18(31)23-13)17-15(29)14(28)11(9-27)33-17/h4-8,11,14-15,17,27-29H,9H2,1-3H3,(H,21,24)(H,25,32)(H,22,23,30,31)/t11-,14-,15+,17-/m1/s1. The summed E-state index contributed by atoms with van der Waals surface area (Å²) in [6.07, 6.45) is -3.32. The molecule has 3 rings (SSSR count). The summed E-state index contributed by atoms with van der Waals surface area (Å²) >= 11 is 0. The smallest absolute Gasteiger partial charge is 0.426 e. The number of carbonyl (C=O) groups is 2. The Kier molecular flexibility index (Phi) is 7.46. The zero-order valence-electron chi connectivity index (χ0n) is 18.6. The second-order valence-corrected chi connectivity index (χ2v) is 8.37. The Morgan fingerprint density at radius 2 is 1.91 bits per heavy atom. The topological polar surface area (TPSA) is 197 Å². The maximum atomic E-state index is 12.4. The van der Waals surface area contributed by atoms with Gasteiger partial charge in [-0.3, -0.25) is 14.8 Å². The van der Waals surface area contributed by atoms with Gasteiger partial charge in [-0.05, 0) is 39.0 Å². The molecule has 3 heterocycles. The molecule has 1 aliphatic heterocycles. The number of aliphatic hydroxyl groups is 3. The monoisotopic (exact) mass is 478 g/mol. The quantitative estimate of drug-likeness (QED) is 0.289. The van der Waals surface area contributed by atoms with Crippen LogP contribution in [-0.4, -0.2) is 72.4 Å². The van der Waals surface area contributed by atoms with Gasteiger partial charge in [0.05, 0.1) is 12.2 Å². The maximum Gasteiger partial charge on any atom is 0.426 e. The molecule has 1 saturated heterocycles. The average Bonchev–Trinajstić information content (AvgIpc) is 3.05. The summed E-state index contributed by atoms with van der Waals surface area (Å²) in [7, 11) is 0. The number of aromatic nitrogens is 3. The zero-order chi connectivity index (χ0) is 25.0. The molecule has 0 spiro atoms. The molecule has 34 heavy (non-hydrogen) atoms. The fourth-order valence-electron chi connectivity index (χ4n) is 3.00. The number of aliphatic hydroxyl groups excluding tert-OH is 3. The minimum absolute atomic E-state index is 0.0632. The van der Waals surface area contributed by atoms with Crippen molar-refractivity contribution in [1.82, 2.24) is 20.0 Å². The highest BCUT2D eigenvalue weighted by molar-refractivity contribution is 6.03. The zero-order valence-corrected chi connectivity index (χ0v) is 18.6. The molecule has 0 aromatic carbocycles. The number of carbonyl (C=O) groups excluding carboxylic acids is 2. The van der Waals surface area contributed by atoms with Crippen molar-refractivity contribution in [2.24, 2.45) is 0 Å². The second kappa shape index (κ2) is 10.1. The maximum absolute atomic E-state index is 12.4. The predicted molar refractivity (Wildman–Crippen MR) is 117 cm³/mol. The molecule has 2 amide bonds. The first kappa shape index (κ1) is 25.0. The van der Waals surface area contributed by atoms with E-state index in [-0.39, 0.29) is 17.2 Å². The fourth-order valence-corrected chi connectivity index (χ4v) is 3.00. The molecule has 2 aromatic heterocycles. The lowest BCUT2D eigenvalue weighted by Gasteiger charge is -2.19. The third-order valence-corrected chi connectivity index (χ3v) is 4.58. The molecule has 14 heteroatoms. The van der Waals surface area contributed by atoms with E-state index in [1.807, 2.05) is 0 Å². The van der Waals surface area contributed by atoms with E-state index in [2.05, 4.69) is 26.1 Å². The van der Waals surface area contributed by atoms with Crippen LogP contribution in [0.4, 0.5) is 16.4 Å². The van der Waals surface area contributed by atoms with Crippen LogP contribution in [0, 0.1) is 0 Å². The minimum atomic E-state index is -1.44. The van der Waals surface area contributed by atoms with E-state index in [1.54, 1.807) is 20.8 Å². The lowest BCUT2D eigenvalue weighted by atomic mass is 10.1. The third kappa shape index (κ3) is 6.05. The van der Waals surface area contributed by atoms with Crippen LogP contribution in [-0.2, 0) is 9.47 Å². The van der Waals surface area contributed by atoms with Gasteiger partial charge in [0.2, 0.25) is 0 Å². The Morgan fingerprint density at radius 1 is 1.18 bits per heavy atom. The first-order valence-electron chi connectivity index (χ1n) is 10.2. The van der Waals surface area contributed by atoms with Crippen molar-refractivity contribution >= 4 is 23.6 Å². The van der Waals surface area contributed by atoms with Gasteiger partial charge in [-0.1, -0.05) is 0 Å². The van der Waals surface area contributed by atoms with Crippen molar-refractivity contribution in [1.29, 1.82) is 0 Å². The first-order chi connectivity index (χ1) is 16.0. The molecular weight excluding hydrogens is 452 g/mol. The molecule has 6 N–H and O–H groups in total. The van der Waals surface area contributed by atoms with Gasteiger partial charge in [0.25, 0.3) is 5.91 Å². The van der Waals surface area contributed by atoms with Gasteiger partial charge in [-0.25, -0.2) is 20.0 Å². The predicted octanol–water partition coefficient (Wildman–Crippen LogP) is -0.646. The number of nitrogens with one attached hydrogen (secondary N) is 3. The van der Waals surface area contributed by atoms with E-state index >= 15 is 0 Å². The van der Waals surface area contributed by atoms with Crippen LogP contribution in [0.1, 0.15) is 37.4 Å². The number of hydrazine groups is 1. The van der Waals surface area contributed by atoms with Gasteiger partial charge >= 0.3 is 11.8 Å². The molecule has 14 nitrogen and oxygen atoms in total. The highest BCUT2D eigenvalue weighted by Gasteiger charge is 2.43. The van der Waals surface area contributed by atoms with Crippen LogP contribution in [0.25, 0.3) is 0 Å². The number of nitrogens with zero attached hydrogens (tertiary/aromatic N) is 3. The summed E-state index contributed by atoms with van der Waals surface area (Å²) in [5, 5.41) is 31.5. The molecule has 1 aliphatic rings. The van der Waals surface area contributed by atoms with Crippen molar-refractivity contribution < 1.29 is 34.4 Å². The average molecular weight is 478 g/mol. The van der Waals surface area contributed by atoms with Gasteiger partial charge in [-0.2, -0.15) is 4.98 Å². The molecule has 0 aliphatic carbocycles. The van der Waals surface area contributed by atoms with Crippen molar-refractivity contribution in [3.05, 3.63) is 46.6 Å². The number of ether oxygens (including phenoxy) is 2. The highest BCUT2D eigenvalue weighted by Crippen LogP contribution is 2.28. The summed E-state index contributed by atoms with van der Waals surface area (Å²) in [6.45, 7) is 4.62. The Bertz CT molecular complexity index is 1080. The lowest BCUT2D eigenvalue weighted by molar-refractivity contribution is -0.0549. The number of amides is 2. The molecule has 0 unspecified atom stereocenters. The van der Waals surface area contributed by atoms with Gasteiger partial charge < -0.3 is 30.1 Å². The number of anilines is 2. The SMILES string of the molecule is CC(C)(C)OC(=O)NNc1ccc(C(=O)Nc2ccn([C@@H]3O[C@H](CO)[C@@H](O)[C@@H]3O)c(=O)n2)cn1. The van der Waals surface area contributed by atoms with Gasteiger partial charge in [0, 0.05) is 12.4 Å². The van der Waals surface area contributed by atoms with Crippen molar-refractivity contribution in [3.63, 3.8) is 0 Å². The van der Waals surface area contributed by atoms with E-state index in [1.165, 1.54) is 30.6 Å². The summed E-state index contributed by atoms with van der Waals surface area (Å²) in [6, 6.07) is 4.18. The highest BCUT2D eigenvalue weighted by atomic mass is 16.6.